The predicted octanol–water partition coefficient (Wildman–Crippen LogP) is 1.80. The number of nitrogens with one attached hydrogen (secondary N) is 1. The van der Waals surface area contributed by atoms with Crippen molar-refractivity contribution in [2.45, 2.75) is 18.6 Å². The number of hydrogen-bond donors (Lipinski definition) is 2. The van der Waals surface area contributed by atoms with Crippen LogP contribution in [0, 0.1) is 0 Å². The van der Waals surface area contributed by atoms with Crippen LogP contribution in [0.2, 0.25) is 0 Å². The van der Waals surface area contributed by atoms with Gasteiger partial charge in [0.1, 0.15) is 5.75 Å². The average Bonchev–Trinajstić information content (AvgIpc) is 2.37. The molecule has 0 saturated heterocycles. The molecule has 1 amide bonds. The van der Waals surface area contributed by atoms with E-state index in [-0.39, 0.29) is 13.0 Å². The number of ether oxygens (including phenoxy) is 1. The molecule has 0 fully saturated rings. The van der Waals surface area contributed by atoms with Gasteiger partial charge in [-0.1, -0.05) is 12.1 Å². The van der Waals surface area contributed by atoms with Crippen LogP contribution in [0.15, 0.2) is 24.3 Å². The standard InChI is InChI=1S/C12H14F3NO3/c1-19-9-4-2-3-8(7-9)10(5-6-17)16-11(18)12(13,14)15/h2-4,7,10,17H,5-6H2,1H3,(H,16,18). The molecule has 0 bridgehead atoms. The highest BCUT2D eigenvalue weighted by Crippen LogP contribution is 2.23. The molecule has 1 aromatic carbocycles. The van der Waals surface area contributed by atoms with Crippen molar-refractivity contribution >= 4 is 5.91 Å². The van der Waals surface area contributed by atoms with Crippen LogP contribution in [-0.2, 0) is 4.79 Å². The number of aliphatic hydroxyl groups excluding tert-OH is 1. The lowest BCUT2D eigenvalue weighted by Gasteiger charge is -2.19. The van der Waals surface area contributed by atoms with Gasteiger partial charge in [0, 0.05) is 6.61 Å². The summed E-state index contributed by atoms with van der Waals surface area (Å²) < 4.78 is 41.6. The average molecular weight is 277 g/mol. The van der Waals surface area contributed by atoms with Crippen molar-refractivity contribution in [3.8, 4) is 5.75 Å². The number of aliphatic hydroxyl groups is 1. The molecule has 2 N–H and O–H groups in total. The van der Waals surface area contributed by atoms with E-state index in [1.807, 2.05) is 5.32 Å². The largest absolute Gasteiger partial charge is 0.497 e. The molecule has 0 aliphatic rings. The van der Waals surface area contributed by atoms with Gasteiger partial charge >= 0.3 is 12.1 Å². The molecule has 7 heteroatoms. The van der Waals surface area contributed by atoms with E-state index in [1.54, 1.807) is 18.2 Å². The Morgan fingerprint density at radius 3 is 2.68 bits per heavy atom. The highest BCUT2D eigenvalue weighted by Gasteiger charge is 2.39. The van der Waals surface area contributed by atoms with E-state index >= 15 is 0 Å². The Morgan fingerprint density at radius 2 is 2.16 bits per heavy atom. The van der Waals surface area contributed by atoms with Crippen LogP contribution in [0.5, 0.6) is 5.75 Å². The van der Waals surface area contributed by atoms with E-state index in [9.17, 15) is 18.0 Å². The van der Waals surface area contributed by atoms with Gasteiger partial charge in [0.2, 0.25) is 0 Å². The second-order valence-corrected chi connectivity index (χ2v) is 3.81. The maximum absolute atomic E-state index is 12.2. The number of hydrogen-bond acceptors (Lipinski definition) is 3. The Morgan fingerprint density at radius 1 is 1.47 bits per heavy atom. The normalized spacial score (nSPS) is 12.9. The molecule has 4 nitrogen and oxygen atoms in total. The third-order valence-corrected chi connectivity index (χ3v) is 2.48. The fourth-order valence-corrected chi connectivity index (χ4v) is 1.55. The topological polar surface area (TPSA) is 58.6 Å². The monoisotopic (exact) mass is 277 g/mol. The van der Waals surface area contributed by atoms with Crippen molar-refractivity contribution in [3.05, 3.63) is 29.8 Å². The zero-order chi connectivity index (χ0) is 14.5. The molecule has 1 unspecified atom stereocenters. The molecule has 0 heterocycles. The van der Waals surface area contributed by atoms with E-state index in [2.05, 4.69) is 0 Å². The molecule has 0 aliphatic heterocycles. The molecule has 0 aliphatic carbocycles. The number of rotatable bonds is 5. The second-order valence-electron chi connectivity index (χ2n) is 3.81. The van der Waals surface area contributed by atoms with Gasteiger partial charge in [-0.25, -0.2) is 0 Å². The fourth-order valence-electron chi connectivity index (χ4n) is 1.55. The first-order chi connectivity index (χ1) is 8.88. The molecular formula is C12H14F3NO3. The summed E-state index contributed by atoms with van der Waals surface area (Å²) in [6.07, 6.45) is -4.97. The molecule has 1 aromatic rings. The molecular weight excluding hydrogens is 263 g/mol. The molecule has 106 valence electrons. The van der Waals surface area contributed by atoms with Crippen molar-refractivity contribution < 1.29 is 27.8 Å². The lowest BCUT2D eigenvalue weighted by atomic mass is 10.0. The van der Waals surface area contributed by atoms with E-state index in [0.717, 1.165) is 0 Å². The number of carbonyl (C=O) groups excluding carboxylic acids is 1. The maximum atomic E-state index is 12.2. The highest BCUT2D eigenvalue weighted by atomic mass is 19.4. The summed E-state index contributed by atoms with van der Waals surface area (Å²) in [4.78, 5) is 10.9. The minimum Gasteiger partial charge on any atom is -0.497 e. The smallest absolute Gasteiger partial charge is 0.471 e. The Bertz CT molecular complexity index is 434. The van der Waals surface area contributed by atoms with Crippen molar-refractivity contribution in [3.63, 3.8) is 0 Å². The molecule has 0 saturated carbocycles. The first kappa shape index (κ1) is 15.3. The molecule has 1 atom stereocenters. The first-order valence-electron chi connectivity index (χ1n) is 5.51. The summed E-state index contributed by atoms with van der Waals surface area (Å²) in [6.45, 7) is -0.347. The summed E-state index contributed by atoms with van der Waals surface area (Å²) >= 11 is 0. The second kappa shape index (κ2) is 6.42. The van der Waals surface area contributed by atoms with Crippen LogP contribution in [0.1, 0.15) is 18.0 Å². The molecule has 19 heavy (non-hydrogen) atoms. The van der Waals surface area contributed by atoms with Gasteiger partial charge in [-0.3, -0.25) is 4.79 Å². The van der Waals surface area contributed by atoms with E-state index < -0.39 is 18.1 Å². The summed E-state index contributed by atoms with van der Waals surface area (Å²) in [5, 5.41) is 10.7. The van der Waals surface area contributed by atoms with Gasteiger partial charge in [0.25, 0.3) is 0 Å². The minimum atomic E-state index is -4.95. The summed E-state index contributed by atoms with van der Waals surface area (Å²) in [6, 6.07) is 5.37. The first-order valence-corrected chi connectivity index (χ1v) is 5.51. The van der Waals surface area contributed by atoms with E-state index in [4.69, 9.17) is 9.84 Å². The van der Waals surface area contributed by atoms with Crippen LogP contribution < -0.4 is 10.1 Å². The maximum Gasteiger partial charge on any atom is 0.471 e. The molecule has 1 rings (SSSR count). The summed E-state index contributed by atoms with van der Waals surface area (Å²) in [5.41, 5.74) is 0.436. The van der Waals surface area contributed by atoms with Gasteiger partial charge in [-0.05, 0) is 24.1 Å². The van der Waals surface area contributed by atoms with Crippen LogP contribution >= 0.6 is 0 Å². The highest BCUT2D eigenvalue weighted by molar-refractivity contribution is 5.82. The van der Waals surface area contributed by atoms with Crippen LogP contribution in [0.3, 0.4) is 0 Å². The number of benzene rings is 1. The zero-order valence-electron chi connectivity index (χ0n) is 10.2. The molecule has 0 spiro atoms. The molecule has 0 radical (unpaired) electrons. The predicted molar refractivity (Wildman–Crippen MR) is 61.6 cm³/mol. The van der Waals surface area contributed by atoms with Crippen LogP contribution in [-0.4, -0.2) is 30.9 Å². The van der Waals surface area contributed by atoms with Crippen LogP contribution in [0.4, 0.5) is 13.2 Å². The van der Waals surface area contributed by atoms with Crippen molar-refractivity contribution in [1.29, 1.82) is 0 Å². The van der Waals surface area contributed by atoms with Gasteiger partial charge < -0.3 is 15.2 Å². The number of carbonyl (C=O) groups is 1. The van der Waals surface area contributed by atoms with Crippen LogP contribution in [0.25, 0.3) is 0 Å². The summed E-state index contributed by atoms with van der Waals surface area (Å²) in [5.74, 6) is -1.57. The Balaban J connectivity index is 2.90. The number of alkyl halides is 3. The summed E-state index contributed by atoms with van der Waals surface area (Å²) in [7, 11) is 1.43. The van der Waals surface area contributed by atoms with Gasteiger partial charge in [-0.15, -0.1) is 0 Å². The lowest BCUT2D eigenvalue weighted by molar-refractivity contribution is -0.174. The Labute approximate surface area is 108 Å². The van der Waals surface area contributed by atoms with Gasteiger partial charge in [0.15, 0.2) is 0 Å². The number of halogens is 3. The number of methoxy groups -OCH3 is 1. The Kier molecular flexibility index (Phi) is 5.17. The third kappa shape index (κ3) is 4.44. The number of amides is 1. The molecule has 0 aromatic heterocycles. The fraction of sp³-hybridized carbons (Fsp3) is 0.417. The zero-order valence-corrected chi connectivity index (χ0v) is 10.2. The van der Waals surface area contributed by atoms with Crippen molar-refractivity contribution in [1.82, 2.24) is 5.32 Å². The van der Waals surface area contributed by atoms with Gasteiger partial charge in [0.05, 0.1) is 13.2 Å². The SMILES string of the molecule is COc1cccc(C(CCO)NC(=O)C(F)(F)F)c1. The van der Waals surface area contributed by atoms with E-state index in [1.165, 1.54) is 13.2 Å². The Hall–Kier alpha value is -1.76. The lowest BCUT2D eigenvalue weighted by Crippen LogP contribution is -2.39. The third-order valence-electron chi connectivity index (χ3n) is 2.48. The minimum absolute atomic E-state index is 0.0189. The van der Waals surface area contributed by atoms with E-state index in [0.29, 0.717) is 11.3 Å². The van der Waals surface area contributed by atoms with Gasteiger partial charge in [-0.2, -0.15) is 13.2 Å². The quantitative estimate of drug-likeness (QED) is 0.862. The van der Waals surface area contributed by atoms with Crippen molar-refractivity contribution in [2.75, 3.05) is 13.7 Å². The van der Waals surface area contributed by atoms with Crippen molar-refractivity contribution in [2.24, 2.45) is 0 Å².